The second kappa shape index (κ2) is 8.06. The van der Waals surface area contributed by atoms with Crippen molar-refractivity contribution in [2.45, 2.75) is 25.8 Å². The summed E-state index contributed by atoms with van der Waals surface area (Å²) in [6, 6.07) is 1.34. The lowest BCUT2D eigenvalue weighted by Gasteiger charge is -2.17. The largest absolute Gasteiger partial charge is 0.343 e. The number of pyridine rings is 1. The molecule has 3 aromatic rings. The fourth-order valence-corrected chi connectivity index (χ4v) is 3.28. The van der Waals surface area contributed by atoms with E-state index in [1.807, 2.05) is 0 Å². The van der Waals surface area contributed by atoms with Crippen LogP contribution in [0.25, 0.3) is 16.6 Å². The normalized spacial score (nSPS) is 15.1. The van der Waals surface area contributed by atoms with Crippen LogP contribution < -0.4 is 16.6 Å². The summed E-state index contributed by atoms with van der Waals surface area (Å²) >= 11 is 0. The number of benzene rings is 1. The number of nitrogens with one attached hydrogen (secondary N) is 2. The Morgan fingerprint density at radius 2 is 1.94 bits per heavy atom. The fraction of sp³-hybridized carbons (Fsp3) is 0.238. The maximum Gasteiger partial charge on any atom is 0.333 e. The molecule has 11 heteroatoms. The van der Waals surface area contributed by atoms with Crippen molar-refractivity contribution in [1.29, 1.82) is 0 Å². The zero-order valence-corrected chi connectivity index (χ0v) is 16.6. The van der Waals surface area contributed by atoms with Gasteiger partial charge in [0.25, 0.3) is 11.5 Å². The number of rotatable bonds is 5. The predicted octanol–water partition coefficient (Wildman–Crippen LogP) is 2.77. The summed E-state index contributed by atoms with van der Waals surface area (Å²) in [6.07, 6.45) is 3.54. The number of fused-ring (bicyclic) bond motifs is 1. The number of carbonyl (C=O) groups is 1. The number of halogens is 4. The topological polar surface area (TPSA) is 96.9 Å². The van der Waals surface area contributed by atoms with Gasteiger partial charge in [0.05, 0.1) is 23.4 Å². The molecule has 4 rings (SSSR count). The minimum absolute atomic E-state index is 0.105. The van der Waals surface area contributed by atoms with Gasteiger partial charge in [0.2, 0.25) is 0 Å². The van der Waals surface area contributed by atoms with Gasteiger partial charge in [0.1, 0.15) is 22.7 Å². The van der Waals surface area contributed by atoms with Gasteiger partial charge in [-0.15, -0.1) is 0 Å². The Kier molecular flexibility index (Phi) is 5.41. The third-order valence-corrected chi connectivity index (χ3v) is 5.04. The van der Waals surface area contributed by atoms with Crippen LogP contribution in [0.5, 0.6) is 0 Å². The Hall–Kier alpha value is -3.76. The van der Waals surface area contributed by atoms with Crippen LogP contribution in [0.2, 0.25) is 0 Å². The highest BCUT2D eigenvalue weighted by Gasteiger charge is 2.27. The third kappa shape index (κ3) is 3.93. The van der Waals surface area contributed by atoms with E-state index in [0.29, 0.717) is 23.5 Å². The molecule has 1 atom stereocenters. The standard InChI is InChI=1S/C21H16F4N4O3/c1-9(18-13(24)7-11(22)8-26-18)27-19(30)15(6-10-2-3-10)29-20(31)16-14(28-21(29)32)5-4-12(23)17(16)25/h4-10H,2-3H2,1H3,(H,27,30)(H,28,32)/t9-/m0/s1. The summed E-state index contributed by atoms with van der Waals surface area (Å²) in [4.78, 5) is 44.4. The van der Waals surface area contributed by atoms with Crippen LogP contribution in [0.1, 0.15) is 31.5 Å². The number of hydrogen-bond acceptors (Lipinski definition) is 4. The molecule has 1 amide bonds. The van der Waals surface area contributed by atoms with E-state index in [4.69, 9.17) is 0 Å². The monoisotopic (exact) mass is 448 g/mol. The fourth-order valence-electron chi connectivity index (χ4n) is 3.28. The average molecular weight is 448 g/mol. The molecule has 0 aliphatic heterocycles. The molecule has 0 bridgehead atoms. The van der Waals surface area contributed by atoms with E-state index in [0.717, 1.165) is 18.3 Å². The Morgan fingerprint density at radius 3 is 2.59 bits per heavy atom. The molecule has 1 saturated carbocycles. The van der Waals surface area contributed by atoms with E-state index >= 15 is 0 Å². The van der Waals surface area contributed by atoms with Crippen molar-refractivity contribution in [3.05, 3.63) is 80.3 Å². The van der Waals surface area contributed by atoms with Crippen LogP contribution in [-0.4, -0.2) is 20.4 Å². The predicted molar refractivity (Wildman–Crippen MR) is 106 cm³/mol. The number of amides is 1. The summed E-state index contributed by atoms with van der Waals surface area (Å²) in [5.74, 6) is -5.71. The number of nitrogens with zero attached hydrogens (tertiary/aromatic N) is 2. The number of carbonyl (C=O) groups excluding carboxylic acids is 1. The number of hydrogen-bond donors (Lipinski definition) is 2. The van der Waals surface area contributed by atoms with Crippen molar-refractivity contribution < 1.29 is 22.4 Å². The maximum atomic E-state index is 14.3. The molecular formula is C21H16F4N4O3. The van der Waals surface area contributed by atoms with Crippen molar-refractivity contribution >= 4 is 22.5 Å². The SMILES string of the molecule is C[C@H](NC(=O)C(=CC1CC1)n1c(=O)[nH]c2ccc(F)c(F)c2c1=O)c1ncc(F)cc1F. The number of allylic oxidation sites excluding steroid dienone is 1. The molecule has 0 spiro atoms. The Balaban J connectivity index is 1.79. The molecule has 2 heterocycles. The first-order chi connectivity index (χ1) is 15.2. The van der Waals surface area contributed by atoms with E-state index in [-0.39, 0.29) is 17.1 Å². The van der Waals surface area contributed by atoms with Crippen LogP contribution in [-0.2, 0) is 4.79 Å². The van der Waals surface area contributed by atoms with Gasteiger partial charge in [0.15, 0.2) is 11.6 Å². The first kappa shape index (κ1) is 21.5. The summed E-state index contributed by atoms with van der Waals surface area (Å²) in [7, 11) is 0. The van der Waals surface area contributed by atoms with Gasteiger partial charge < -0.3 is 10.3 Å². The van der Waals surface area contributed by atoms with Crippen LogP contribution in [0.4, 0.5) is 17.6 Å². The molecule has 1 aliphatic carbocycles. The van der Waals surface area contributed by atoms with Gasteiger partial charge >= 0.3 is 5.69 Å². The maximum absolute atomic E-state index is 14.3. The highest BCUT2D eigenvalue weighted by Crippen LogP contribution is 2.32. The molecule has 1 fully saturated rings. The molecule has 7 nitrogen and oxygen atoms in total. The van der Waals surface area contributed by atoms with Gasteiger partial charge in [-0.3, -0.25) is 14.6 Å². The van der Waals surface area contributed by atoms with E-state index in [2.05, 4.69) is 15.3 Å². The molecule has 2 aromatic heterocycles. The van der Waals surface area contributed by atoms with Gasteiger partial charge in [0, 0.05) is 6.07 Å². The minimum Gasteiger partial charge on any atom is -0.343 e. The van der Waals surface area contributed by atoms with Crippen LogP contribution in [0.3, 0.4) is 0 Å². The molecule has 166 valence electrons. The molecule has 32 heavy (non-hydrogen) atoms. The smallest absolute Gasteiger partial charge is 0.333 e. The van der Waals surface area contributed by atoms with E-state index in [9.17, 15) is 31.9 Å². The van der Waals surface area contributed by atoms with Gasteiger partial charge in [-0.25, -0.2) is 26.9 Å². The van der Waals surface area contributed by atoms with Crippen molar-refractivity contribution in [2.24, 2.45) is 5.92 Å². The van der Waals surface area contributed by atoms with Crippen LogP contribution in [0, 0.1) is 29.2 Å². The van der Waals surface area contributed by atoms with Crippen LogP contribution >= 0.6 is 0 Å². The summed E-state index contributed by atoms with van der Waals surface area (Å²) in [5.41, 5.74) is -3.17. The average Bonchev–Trinajstić information content (AvgIpc) is 3.53. The summed E-state index contributed by atoms with van der Waals surface area (Å²) in [6.45, 7) is 1.37. The number of H-pyrrole nitrogens is 1. The van der Waals surface area contributed by atoms with Gasteiger partial charge in [-0.2, -0.15) is 0 Å². The summed E-state index contributed by atoms with van der Waals surface area (Å²) in [5, 5.41) is 1.68. The lowest BCUT2D eigenvalue weighted by atomic mass is 10.2. The zero-order valence-electron chi connectivity index (χ0n) is 16.6. The second-order valence-electron chi connectivity index (χ2n) is 7.46. The first-order valence-corrected chi connectivity index (χ1v) is 9.64. The highest BCUT2D eigenvalue weighted by atomic mass is 19.2. The molecule has 0 radical (unpaired) electrons. The number of aromatic nitrogens is 3. The van der Waals surface area contributed by atoms with Gasteiger partial charge in [-0.1, -0.05) is 6.08 Å². The van der Waals surface area contributed by atoms with E-state index in [1.54, 1.807) is 0 Å². The highest BCUT2D eigenvalue weighted by molar-refractivity contribution is 6.13. The van der Waals surface area contributed by atoms with Gasteiger partial charge in [-0.05, 0) is 37.8 Å². The molecule has 0 unspecified atom stereocenters. The quantitative estimate of drug-likeness (QED) is 0.464. The molecule has 2 N–H and O–H groups in total. The molecule has 1 aliphatic rings. The van der Waals surface area contributed by atoms with Crippen molar-refractivity contribution in [1.82, 2.24) is 19.9 Å². The lowest BCUT2D eigenvalue weighted by Crippen LogP contribution is -2.40. The summed E-state index contributed by atoms with van der Waals surface area (Å²) < 4.78 is 55.6. The molecule has 1 aromatic carbocycles. The lowest BCUT2D eigenvalue weighted by molar-refractivity contribution is -0.116. The van der Waals surface area contributed by atoms with E-state index < -0.39 is 57.6 Å². The van der Waals surface area contributed by atoms with Crippen molar-refractivity contribution in [2.75, 3.05) is 0 Å². The van der Waals surface area contributed by atoms with Crippen molar-refractivity contribution in [3.8, 4) is 0 Å². The van der Waals surface area contributed by atoms with Crippen molar-refractivity contribution in [3.63, 3.8) is 0 Å². The van der Waals surface area contributed by atoms with E-state index in [1.165, 1.54) is 13.0 Å². The molecular weight excluding hydrogens is 432 g/mol. The third-order valence-electron chi connectivity index (χ3n) is 5.04. The van der Waals surface area contributed by atoms with Crippen LogP contribution in [0.15, 0.2) is 40.1 Å². The minimum atomic E-state index is -1.46. The second-order valence-corrected chi connectivity index (χ2v) is 7.46. The zero-order chi connectivity index (χ0) is 23.2. The Morgan fingerprint density at radius 1 is 1.22 bits per heavy atom. The number of aromatic amines is 1. The Bertz CT molecular complexity index is 1390. The molecule has 0 saturated heterocycles. The first-order valence-electron chi connectivity index (χ1n) is 9.64. The Labute approximate surface area is 177 Å².